The second kappa shape index (κ2) is 3.95. The average Bonchev–Trinajstić information content (AvgIpc) is 2.81. The first-order chi connectivity index (χ1) is 8.27. The lowest BCUT2D eigenvalue weighted by Gasteiger charge is -2.09. The van der Waals surface area contributed by atoms with E-state index in [1.807, 2.05) is 18.2 Å². The third-order valence-corrected chi connectivity index (χ3v) is 3.21. The molecule has 0 heterocycles. The van der Waals surface area contributed by atoms with E-state index in [1.165, 1.54) is 0 Å². The first kappa shape index (κ1) is 10.5. The molecule has 1 aliphatic carbocycles. The van der Waals surface area contributed by atoms with Crippen molar-refractivity contribution < 1.29 is 8.78 Å². The maximum atomic E-state index is 13.8. The van der Waals surface area contributed by atoms with E-state index in [1.54, 1.807) is 12.1 Å². The van der Waals surface area contributed by atoms with E-state index in [0.717, 1.165) is 35.6 Å². The van der Waals surface area contributed by atoms with Gasteiger partial charge in [0.15, 0.2) is 11.6 Å². The molecule has 85 valence electrons. The first-order valence-electron chi connectivity index (χ1n) is 5.67. The van der Waals surface area contributed by atoms with E-state index in [4.69, 9.17) is 0 Å². The zero-order valence-electron chi connectivity index (χ0n) is 9.21. The van der Waals surface area contributed by atoms with Crippen LogP contribution < -0.4 is 0 Å². The Morgan fingerprint density at radius 1 is 0.882 bits per heavy atom. The van der Waals surface area contributed by atoms with Crippen molar-refractivity contribution in [1.82, 2.24) is 0 Å². The van der Waals surface area contributed by atoms with Gasteiger partial charge in [0.05, 0.1) is 0 Å². The van der Waals surface area contributed by atoms with Crippen LogP contribution >= 0.6 is 0 Å². The van der Waals surface area contributed by atoms with Crippen LogP contribution in [0.25, 0.3) is 11.1 Å². The van der Waals surface area contributed by atoms with Gasteiger partial charge in [0.1, 0.15) is 0 Å². The molecule has 0 bridgehead atoms. The Morgan fingerprint density at radius 2 is 1.65 bits per heavy atom. The van der Waals surface area contributed by atoms with Gasteiger partial charge in [-0.05, 0) is 42.0 Å². The fourth-order valence-electron chi connectivity index (χ4n) is 2.41. The molecule has 0 saturated heterocycles. The smallest absolute Gasteiger partial charge is 0.166 e. The summed E-state index contributed by atoms with van der Waals surface area (Å²) in [5, 5.41) is 0. The molecule has 2 aromatic carbocycles. The van der Waals surface area contributed by atoms with Crippen molar-refractivity contribution >= 4 is 0 Å². The van der Waals surface area contributed by atoms with E-state index in [9.17, 15) is 8.78 Å². The average molecular weight is 229 g/mol. The number of fused-ring (bicyclic) bond motifs is 1. The fraction of sp³-hybridized carbons (Fsp3) is 0.133. The molecule has 0 atom stereocenters. The van der Waals surface area contributed by atoms with Crippen LogP contribution in [0.5, 0.6) is 0 Å². The summed E-state index contributed by atoms with van der Waals surface area (Å²) in [4.78, 5) is 0. The summed E-state index contributed by atoms with van der Waals surface area (Å²) in [5.41, 5.74) is 3.44. The van der Waals surface area contributed by atoms with E-state index < -0.39 is 11.6 Å². The summed E-state index contributed by atoms with van der Waals surface area (Å²) < 4.78 is 27.0. The minimum atomic E-state index is -0.790. The number of rotatable bonds is 1. The zero-order valence-corrected chi connectivity index (χ0v) is 9.21. The van der Waals surface area contributed by atoms with Gasteiger partial charge in [0, 0.05) is 5.56 Å². The van der Waals surface area contributed by atoms with E-state index >= 15 is 0 Å². The lowest BCUT2D eigenvalue weighted by Crippen LogP contribution is -1.93. The summed E-state index contributed by atoms with van der Waals surface area (Å²) in [6.07, 6.45) is 4.01. The van der Waals surface area contributed by atoms with Gasteiger partial charge in [-0.15, -0.1) is 0 Å². The molecular formula is C15H11F2. The number of halogens is 2. The Hall–Kier alpha value is -1.70. The predicted molar refractivity (Wildman–Crippen MR) is 63.5 cm³/mol. The molecule has 0 fully saturated rings. The summed E-state index contributed by atoms with van der Waals surface area (Å²) in [6, 6.07) is 10.1. The maximum Gasteiger partial charge on any atom is 0.166 e. The fourth-order valence-corrected chi connectivity index (χ4v) is 2.41. The van der Waals surface area contributed by atoms with Gasteiger partial charge in [0.25, 0.3) is 0 Å². The van der Waals surface area contributed by atoms with Crippen molar-refractivity contribution in [3.8, 4) is 11.1 Å². The zero-order chi connectivity index (χ0) is 11.8. The van der Waals surface area contributed by atoms with Crippen molar-refractivity contribution in [3.05, 3.63) is 65.6 Å². The molecule has 1 radical (unpaired) electrons. The third kappa shape index (κ3) is 1.64. The van der Waals surface area contributed by atoms with Crippen molar-refractivity contribution in [1.29, 1.82) is 0 Å². The second-order valence-corrected chi connectivity index (χ2v) is 4.22. The Kier molecular flexibility index (Phi) is 2.43. The highest BCUT2D eigenvalue weighted by Crippen LogP contribution is 2.34. The second-order valence-electron chi connectivity index (χ2n) is 4.22. The minimum absolute atomic E-state index is 0.358. The molecule has 2 aromatic rings. The van der Waals surface area contributed by atoms with Gasteiger partial charge >= 0.3 is 0 Å². The standard InChI is InChI=1S/C15H11F2/c16-14-9-3-8-13(15(14)17)12-7-2-5-10-4-1-6-11(10)12/h2-5,7-9H,1,6H2. The molecule has 1 aliphatic rings. The molecule has 17 heavy (non-hydrogen) atoms. The van der Waals surface area contributed by atoms with Gasteiger partial charge < -0.3 is 0 Å². The van der Waals surface area contributed by atoms with Gasteiger partial charge in [-0.1, -0.05) is 30.3 Å². The molecule has 0 spiro atoms. The number of hydrogen-bond donors (Lipinski definition) is 0. The normalized spacial score (nSPS) is 13.8. The molecule has 3 rings (SSSR count). The minimum Gasteiger partial charge on any atom is -0.204 e. The van der Waals surface area contributed by atoms with Crippen molar-refractivity contribution in [2.24, 2.45) is 0 Å². The van der Waals surface area contributed by atoms with Crippen LogP contribution in [0, 0.1) is 18.1 Å². The van der Waals surface area contributed by atoms with Crippen LogP contribution in [0.3, 0.4) is 0 Å². The molecule has 0 aromatic heterocycles. The van der Waals surface area contributed by atoms with E-state index in [0.29, 0.717) is 5.56 Å². The maximum absolute atomic E-state index is 13.8. The van der Waals surface area contributed by atoms with Gasteiger partial charge in [0.2, 0.25) is 0 Å². The van der Waals surface area contributed by atoms with Crippen molar-refractivity contribution in [3.63, 3.8) is 0 Å². The summed E-state index contributed by atoms with van der Waals surface area (Å²) in [5.74, 6) is -1.55. The molecule has 0 N–H and O–H groups in total. The topological polar surface area (TPSA) is 0 Å². The summed E-state index contributed by atoms with van der Waals surface area (Å²) in [7, 11) is 0. The summed E-state index contributed by atoms with van der Waals surface area (Å²) >= 11 is 0. The van der Waals surface area contributed by atoms with Crippen molar-refractivity contribution in [2.45, 2.75) is 12.8 Å². The molecule has 0 saturated carbocycles. The summed E-state index contributed by atoms with van der Waals surface area (Å²) in [6.45, 7) is 0. The highest BCUT2D eigenvalue weighted by atomic mass is 19.2. The van der Waals surface area contributed by atoms with E-state index in [2.05, 4.69) is 6.42 Å². The lowest BCUT2D eigenvalue weighted by molar-refractivity contribution is 0.511. The molecule has 2 heteroatoms. The van der Waals surface area contributed by atoms with Gasteiger partial charge in [-0.25, -0.2) is 8.78 Å². The highest BCUT2D eigenvalue weighted by molar-refractivity contribution is 5.71. The largest absolute Gasteiger partial charge is 0.204 e. The number of benzene rings is 2. The predicted octanol–water partition coefficient (Wildman–Crippen LogP) is 4.13. The van der Waals surface area contributed by atoms with Crippen LogP contribution in [0.4, 0.5) is 8.78 Å². The Balaban J connectivity index is 2.23. The Morgan fingerprint density at radius 3 is 2.53 bits per heavy atom. The Labute approximate surface area is 98.9 Å². The third-order valence-electron chi connectivity index (χ3n) is 3.21. The lowest BCUT2D eigenvalue weighted by atomic mass is 9.96. The quantitative estimate of drug-likeness (QED) is 0.689. The first-order valence-corrected chi connectivity index (χ1v) is 5.67. The molecule has 0 nitrogen and oxygen atoms in total. The van der Waals surface area contributed by atoms with Crippen LogP contribution in [0.2, 0.25) is 0 Å². The van der Waals surface area contributed by atoms with Gasteiger partial charge in [-0.2, -0.15) is 0 Å². The van der Waals surface area contributed by atoms with E-state index in [-0.39, 0.29) is 0 Å². The molecular weight excluding hydrogens is 218 g/mol. The highest BCUT2D eigenvalue weighted by Gasteiger charge is 2.18. The molecule has 0 unspecified atom stereocenters. The van der Waals surface area contributed by atoms with Crippen LogP contribution in [-0.4, -0.2) is 0 Å². The van der Waals surface area contributed by atoms with Gasteiger partial charge in [-0.3, -0.25) is 0 Å². The molecule has 0 aliphatic heterocycles. The van der Waals surface area contributed by atoms with Crippen LogP contribution in [0.15, 0.2) is 36.4 Å². The Bertz CT molecular complexity index is 573. The molecule has 0 amide bonds. The number of hydrogen-bond acceptors (Lipinski definition) is 0. The van der Waals surface area contributed by atoms with Crippen LogP contribution in [-0.2, 0) is 6.42 Å². The monoisotopic (exact) mass is 229 g/mol. The van der Waals surface area contributed by atoms with Crippen molar-refractivity contribution in [2.75, 3.05) is 0 Å². The van der Waals surface area contributed by atoms with Crippen LogP contribution in [0.1, 0.15) is 17.5 Å². The SMILES string of the molecule is Fc1cccc(-c2cccc3c2CC[CH]3)c1F.